The lowest BCUT2D eigenvalue weighted by Crippen LogP contribution is -2.33. The predicted molar refractivity (Wildman–Crippen MR) is 89.1 cm³/mol. The molecule has 6 heteroatoms. The van der Waals surface area contributed by atoms with E-state index in [1.807, 2.05) is 24.3 Å². The summed E-state index contributed by atoms with van der Waals surface area (Å²) in [5, 5.41) is 12.0. The molecule has 1 aromatic heterocycles. The van der Waals surface area contributed by atoms with Crippen LogP contribution in [0, 0.1) is 0 Å². The minimum absolute atomic E-state index is 0.564. The first-order valence-corrected chi connectivity index (χ1v) is 8.11. The molecule has 0 aliphatic carbocycles. The number of aromatic nitrogens is 3. The van der Waals surface area contributed by atoms with Crippen LogP contribution in [0.15, 0.2) is 30.5 Å². The van der Waals surface area contributed by atoms with Crippen molar-refractivity contribution in [1.29, 1.82) is 0 Å². The summed E-state index contributed by atoms with van der Waals surface area (Å²) in [6, 6.07) is 7.59. The van der Waals surface area contributed by atoms with E-state index in [2.05, 4.69) is 25.4 Å². The smallest absolute Gasteiger partial charge is 0.243 e. The van der Waals surface area contributed by atoms with Crippen molar-refractivity contribution in [3.63, 3.8) is 0 Å². The van der Waals surface area contributed by atoms with Gasteiger partial charge in [-0.25, -0.2) is 4.98 Å². The zero-order valence-corrected chi connectivity index (χ0v) is 13.3. The molecule has 2 heterocycles. The summed E-state index contributed by atoms with van der Waals surface area (Å²) in [6.45, 7) is 4.25. The monoisotopic (exact) mass is 317 g/mol. The van der Waals surface area contributed by atoms with Crippen molar-refractivity contribution in [2.75, 3.05) is 31.5 Å². The minimum atomic E-state index is 0.564. The van der Waals surface area contributed by atoms with Crippen molar-refractivity contribution < 1.29 is 0 Å². The van der Waals surface area contributed by atoms with Gasteiger partial charge >= 0.3 is 0 Å². The Labute approximate surface area is 135 Å². The van der Waals surface area contributed by atoms with E-state index in [9.17, 15) is 0 Å². The Morgan fingerprint density at radius 3 is 2.86 bits per heavy atom. The first kappa shape index (κ1) is 15.2. The largest absolute Gasteiger partial charge is 0.352 e. The number of anilines is 1. The standard InChI is InChI=1S/C16H20ClN5/c17-14-6-4-5-13(11-14)15-12-19-21-16(20-15)18-7-10-22-8-2-1-3-9-22/h4-6,11-12H,1-3,7-10H2,(H,18,20,21). The Kier molecular flexibility index (Phi) is 5.19. The normalized spacial score (nSPS) is 15.7. The third-order valence-corrected chi connectivity index (χ3v) is 4.07. The summed E-state index contributed by atoms with van der Waals surface area (Å²) in [4.78, 5) is 6.98. The van der Waals surface area contributed by atoms with Gasteiger partial charge in [0.05, 0.1) is 11.9 Å². The highest BCUT2D eigenvalue weighted by molar-refractivity contribution is 6.30. The van der Waals surface area contributed by atoms with E-state index >= 15 is 0 Å². The van der Waals surface area contributed by atoms with Crippen LogP contribution in [0.5, 0.6) is 0 Å². The van der Waals surface area contributed by atoms with Gasteiger partial charge in [0.2, 0.25) is 5.95 Å². The number of nitrogens with one attached hydrogen (secondary N) is 1. The fourth-order valence-corrected chi connectivity index (χ4v) is 2.86. The summed E-state index contributed by atoms with van der Waals surface area (Å²) in [7, 11) is 0. The Hall–Kier alpha value is -1.72. The summed E-state index contributed by atoms with van der Waals surface area (Å²) in [5.41, 5.74) is 1.72. The number of hydrogen-bond donors (Lipinski definition) is 1. The third kappa shape index (κ3) is 4.15. The fraction of sp³-hybridized carbons (Fsp3) is 0.438. The molecule has 116 valence electrons. The minimum Gasteiger partial charge on any atom is -0.352 e. The summed E-state index contributed by atoms with van der Waals surface area (Å²) in [6.07, 6.45) is 5.63. The Morgan fingerprint density at radius 2 is 2.05 bits per heavy atom. The molecule has 0 bridgehead atoms. The van der Waals surface area contributed by atoms with Gasteiger partial charge in [0.25, 0.3) is 0 Å². The Balaban J connectivity index is 1.59. The lowest BCUT2D eigenvalue weighted by Gasteiger charge is -2.26. The average Bonchev–Trinajstić information content (AvgIpc) is 2.56. The average molecular weight is 318 g/mol. The highest BCUT2D eigenvalue weighted by atomic mass is 35.5. The molecule has 1 saturated heterocycles. The number of benzene rings is 1. The third-order valence-electron chi connectivity index (χ3n) is 3.84. The molecule has 3 rings (SSSR count). The Bertz CT molecular complexity index is 613. The molecule has 0 amide bonds. The van der Waals surface area contributed by atoms with E-state index in [0.29, 0.717) is 11.0 Å². The zero-order chi connectivity index (χ0) is 15.2. The van der Waals surface area contributed by atoms with Crippen molar-refractivity contribution >= 4 is 17.5 Å². The summed E-state index contributed by atoms with van der Waals surface area (Å²) in [5.74, 6) is 0.564. The van der Waals surface area contributed by atoms with Crippen LogP contribution in [0.3, 0.4) is 0 Å². The molecule has 0 atom stereocenters. The molecule has 5 nitrogen and oxygen atoms in total. The lowest BCUT2D eigenvalue weighted by molar-refractivity contribution is 0.237. The second-order valence-electron chi connectivity index (χ2n) is 5.50. The molecule has 1 aliphatic rings. The van der Waals surface area contributed by atoms with E-state index in [4.69, 9.17) is 11.6 Å². The molecule has 1 fully saturated rings. The van der Waals surface area contributed by atoms with Crippen LogP contribution in [-0.4, -0.2) is 46.3 Å². The van der Waals surface area contributed by atoms with Crippen LogP contribution < -0.4 is 5.32 Å². The van der Waals surface area contributed by atoms with Gasteiger partial charge in [-0.05, 0) is 38.1 Å². The second kappa shape index (κ2) is 7.51. The van der Waals surface area contributed by atoms with Gasteiger partial charge in [-0.15, -0.1) is 5.10 Å². The molecular formula is C16H20ClN5. The van der Waals surface area contributed by atoms with Gasteiger partial charge in [-0.3, -0.25) is 0 Å². The maximum Gasteiger partial charge on any atom is 0.243 e. The molecule has 0 unspecified atom stereocenters. The molecule has 1 aromatic carbocycles. The van der Waals surface area contributed by atoms with E-state index in [0.717, 1.165) is 24.3 Å². The van der Waals surface area contributed by atoms with Gasteiger partial charge in [0.15, 0.2) is 0 Å². The van der Waals surface area contributed by atoms with Crippen LogP contribution in [-0.2, 0) is 0 Å². The summed E-state index contributed by atoms with van der Waals surface area (Å²) < 4.78 is 0. The number of likely N-dealkylation sites (tertiary alicyclic amines) is 1. The van der Waals surface area contributed by atoms with Gasteiger partial charge < -0.3 is 10.2 Å². The SMILES string of the molecule is Clc1cccc(-c2cnnc(NCCN3CCCCC3)n2)c1. The van der Waals surface area contributed by atoms with Crippen molar-refractivity contribution in [1.82, 2.24) is 20.1 Å². The van der Waals surface area contributed by atoms with E-state index in [1.54, 1.807) is 6.20 Å². The van der Waals surface area contributed by atoms with Crippen molar-refractivity contribution in [3.8, 4) is 11.3 Å². The van der Waals surface area contributed by atoms with Crippen LogP contribution in [0.2, 0.25) is 5.02 Å². The molecule has 0 spiro atoms. The van der Waals surface area contributed by atoms with Crippen LogP contribution in [0.4, 0.5) is 5.95 Å². The van der Waals surface area contributed by atoms with E-state index in [1.165, 1.54) is 32.4 Å². The molecule has 0 saturated carbocycles. The first-order valence-electron chi connectivity index (χ1n) is 7.73. The van der Waals surface area contributed by atoms with Crippen LogP contribution in [0.1, 0.15) is 19.3 Å². The van der Waals surface area contributed by atoms with Crippen LogP contribution in [0.25, 0.3) is 11.3 Å². The van der Waals surface area contributed by atoms with Gasteiger partial charge in [-0.2, -0.15) is 5.10 Å². The van der Waals surface area contributed by atoms with Gasteiger partial charge in [0.1, 0.15) is 0 Å². The second-order valence-corrected chi connectivity index (χ2v) is 5.94. The molecule has 2 aromatic rings. The Morgan fingerprint density at radius 1 is 1.18 bits per heavy atom. The van der Waals surface area contributed by atoms with Crippen molar-refractivity contribution in [2.24, 2.45) is 0 Å². The molecule has 1 N–H and O–H groups in total. The molecular weight excluding hydrogens is 298 g/mol. The lowest BCUT2D eigenvalue weighted by atomic mass is 10.1. The molecule has 1 aliphatic heterocycles. The maximum absolute atomic E-state index is 6.02. The zero-order valence-electron chi connectivity index (χ0n) is 12.5. The molecule has 22 heavy (non-hydrogen) atoms. The van der Waals surface area contributed by atoms with Gasteiger partial charge in [0, 0.05) is 23.7 Å². The van der Waals surface area contributed by atoms with E-state index < -0.39 is 0 Å². The van der Waals surface area contributed by atoms with Crippen molar-refractivity contribution in [3.05, 3.63) is 35.5 Å². The van der Waals surface area contributed by atoms with Gasteiger partial charge in [-0.1, -0.05) is 30.2 Å². The highest BCUT2D eigenvalue weighted by Gasteiger charge is 2.09. The van der Waals surface area contributed by atoms with Crippen molar-refractivity contribution in [2.45, 2.75) is 19.3 Å². The summed E-state index contributed by atoms with van der Waals surface area (Å²) >= 11 is 6.02. The van der Waals surface area contributed by atoms with E-state index in [-0.39, 0.29) is 0 Å². The predicted octanol–water partition coefficient (Wildman–Crippen LogP) is 3.09. The quantitative estimate of drug-likeness (QED) is 0.918. The topological polar surface area (TPSA) is 53.9 Å². The molecule has 0 radical (unpaired) electrons. The first-order chi connectivity index (χ1) is 10.8. The fourth-order valence-electron chi connectivity index (χ4n) is 2.67. The number of halogens is 1. The number of nitrogens with zero attached hydrogens (tertiary/aromatic N) is 4. The number of piperidine rings is 1. The number of hydrogen-bond acceptors (Lipinski definition) is 5. The maximum atomic E-state index is 6.02. The van der Waals surface area contributed by atoms with Crippen LogP contribution >= 0.6 is 11.6 Å². The number of rotatable bonds is 5. The highest BCUT2D eigenvalue weighted by Crippen LogP contribution is 2.20.